The average Bonchev–Trinajstić information content (AvgIpc) is 2.95. The van der Waals surface area contributed by atoms with E-state index in [2.05, 4.69) is 31.4 Å². The van der Waals surface area contributed by atoms with Crippen molar-refractivity contribution in [2.45, 2.75) is 52.2 Å². The molecule has 24 heavy (non-hydrogen) atoms. The van der Waals surface area contributed by atoms with Crippen molar-refractivity contribution in [1.29, 1.82) is 0 Å². The van der Waals surface area contributed by atoms with Crippen LogP contribution < -0.4 is 15.4 Å². The van der Waals surface area contributed by atoms with Gasteiger partial charge in [0.1, 0.15) is 5.75 Å². The lowest BCUT2D eigenvalue weighted by atomic mass is 9.82. The third kappa shape index (κ3) is 4.87. The van der Waals surface area contributed by atoms with Gasteiger partial charge in [-0.15, -0.1) is 0 Å². The van der Waals surface area contributed by atoms with Gasteiger partial charge in [-0.25, -0.2) is 4.79 Å². The van der Waals surface area contributed by atoms with Crippen molar-refractivity contribution in [1.82, 2.24) is 10.6 Å². The van der Waals surface area contributed by atoms with Crippen LogP contribution in [0.2, 0.25) is 0 Å². The van der Waals surface area contributed by atoms with Crippen LogP contribution in [0.1, 0.15) is 51.6 Å². The molecule has 1 saturated carbocycles. The second-order valence-electron chi connectivity index (χ2n) is 7.73. The molecule has 0 aliphatic heterocycles. The number of amides is 2. The van der Waals surface area contributed by atoms with Crippen molar-refractivity contribution >= 4 is 6.03 Å². The van der Waals surface area contributed by atoms with Crippen molar-refractivity contribution in [2.75, 3.05) is 13.7 Å². The molecule has 1 aromatic carbocycles. The van der Waals surface area contributed by atoms with E-state index in [4.69, 9.17) is 4.74 Å². The highest BCUT2D eigenvalue weighted by molar-refractivity contribution is 5.74. The Bertz CT molecular complexity index is 554. The normalized spacial score (nSPS) is 22.0. The molecule has 3 N–H and O–H groups in total. The van der Waals surface area contributed by atoms with Crippen LogP contribution in [-0.2, 0) is 0 Å². The standard InChI is InChI=1S/C19H30N2O3/c1-19(2,3)17(15-7-5-6-8-16(15)24-4)21-18(23)20-12-13-9-10-14(22)11-13/h5-8,13-14,17,22H,9-12H2,1-4H3,(H2,20,21,23)/t13-,14-,17+/m1/s1. The van der Waals surface area contributed by atoms with Crippen LogP contribution in [0.3, 0.4) is 0 Å². The number of aliphatic hydroxyl groups is 1. The number of carbonyl (C=O) groups excluding carboxylic acids is 1. The molecule has 0 heterocycles. The molecule has 5 nitrogen and oxygen atoms in total. The predicted octanol–water partition coefficient (Wildman–Crippen LogP) is 3.24. The van der Waals surface area contributed by atoms with Gasteiger partial charge in [-0.1, -0.05) is 39.0 Å². The molecule has 0 aromatic heterocycles. The van der Waals surface area contributed by atoms with Gasteiger partial charge >= 0.3 is 6.03 Å². The Hall–Kier alpha value is -1.75. The molecule has 134 valence electrons. The maximum Gasteiger partial charge on any atom is 0.315 e. The zero-order valence-electron chi connectivity index (χ0n) is 15.1. The van der Waals surface area contributed by atoms with E-state index in [1.54, 1.807) is 7.11 Å². The van der Waals surface area contributed by atoms with Gasteiger partial charge in [0.05, 0.1) is 19.3 Å². The highest BCUT2D eigenvalue weighted by Crippen LogP contribution is 2.37. The second-order valence-corrected chi connectivity index (χ2v) is 7.73. The summed E-state index contributed by atoms with van der Waals surface area (Å²) in [5.74, 6) is 1.14. The van der Waals surface area contributed by atoms with Gasteiger partial charge in [0.2, 0.25) is 0 Å². The number of hydrogen-bond donors (Lipinski definition) is 3. The van der Waals surface area contributed by atoms with Crippen LogP contribution >= 0.6 is 0 Å². The quantitative estimate of drug-likeness (QED) is 0.774. The zero-order chi connectivity index (χ0) is 17.7. The minimum absolute atomic E-state index is 0.157. The fraction of sp³-hybridized carbons (Fsp3) is 0.632. The number of para-hydroxylation sites is 1. The van der Waals surface area contributed by atoms with Crippen molar-refractivity contribution in [3.05, 3.63) is 29.8 Å². The van der Waals surface area contributed by atoms with E-state index >= 15 is 0 Å². The van der Waals surface area contributed by atoms with E-state index in [0.717, 1.165) is 30.6 Å². The number of methoxy groups -OCH3 is 1. The molecule has 2 amide bonds. The zero-order valence-corrected chi connectivity index (χ0v) is 15.1. The topological polar surface area (TPSA) is 70.6 Å². The molecule has 1 aliphatic carbocycles. The summed E-state index contributed by atoms with van der Waals surface area (Å²) in [4.78, 5) is 12.4. The van der Waals surface area contributed by atoms with Crippen molar-refractivity contribution < 1.29 is 14.6 Å². The Kier molecular flexibility index (Phi) is 6.10. The van der Waals surface area contributed by atoms with E-state index < -0.39 is 0 Å². The van der Waals surface area contributed by atoms with Crippen molar-refractivity contribution in [2.24, 2.45) is 11.3 Å². The second kappa shape index (κ2) is 7.88. The summed E-state index contributed by atoms with van der Waals surface area (Å²) in [5.41, 5.74) is 0.814. The Balaban J connectivity index is 2.02. The summed E-state index contributed by atoms with van der Waals surface area (Å²) in [6.45, 7) is 6.89. The summed E-state index contributed by atoms with van der Waals surface area (Å²) in [7, 11) is 1.64. The van der Waals surface area contributed by atoms with Crippen LogP contribution in [0.15, 0.2) is 24.3 Å². The van der Waals surface area contributed by atoms with E-state index in [1.165, 1.54) is 0 Å². The molecule has 0 bridgehead atoms. The number of ether oxygens (including phenoxy) is 1. The minimum Gasteiger partial charge on any atom is -0.496 e. The fourth-order valence-electron chi connectivity index (χ4n) is 3.32. The lowest BCUT2D eigenvalue weighted by Gasteiger charge is -2.33. The molecule has 3 atom stereocenters. The van der Waals surface area contributed by atoms with Crippen LogP contribution in [0.25, 0.3) is 0 Å². The minimum atomic E-state index is -0.212. The summed E-state index contributed by atoms with van der Waals surface area (Å²) in [5, 5.41) is 15.6. The maximum absolute atomic E-state index is 12.4. The molecule has 1 fully saturated rings. The lowest BCUT2D eigenvalue weighted by Crippen LogP contribution is -2.43. The van der Waals surface area contributed by atoms with E-state index in [1.807, 2.05) is 24.3 Å². The van der Waals surface area contributed by atoms with Crippen molar-refractivity contribution in [3.63, 3.8) is 0 Å². The van der Waals surface area contributed by atoms with Crippen LogP contribution in [0, 0.1) is 11.3 Å². The molecule has 0 unspecified atom stereocenters. The fourth-order valence-corrected chi connectivity index (χ4v) is 3.32. The number of urea groups is 1. The van der Waals surface area contributed by atoms with Gasteiger partial charge < -0.3 is 20.5 Å². The van der Waals surface area contributed by atoms with Gasteiger partial charge in [0.25, 0.3) is 0 Å². The van der Waals surface area contributed by atoms with Gasteiger partial charge in [0, 0.05) is 12.1 Å². The number of nitrogens with one attached hydrogen (secondary N) is 2. The Labute approximate surface area is 144 Å². The third-order valence-corrected chi connectivity index (χ3v) is 4.66. The highest BCUT2D eigenvalue weighted by Gasteiger charge is 2.30. The third-order valence-electron chi connectivity index (χ3n) is 4.66. The molecule has 0 radical (unpaired) electrons. The molecular formula is C19H30N2O3. The van der Waals surface area contributed by atoms with Crippen molar-refractivity contribution in [3.8, 4) is 5.75 Å². The van der Waals surface area contributed by atoms with Crippen LogP contribution in [0.5, 0.6) is 5.75 Å². The summed E-state index contributed by atoms with van der Waals surface area (Å²) in [6.07, 6.45) is 2.36. The molecule has 5 heteroatoms. The van der Waals surface area contributed by atoms with E-state index in [0.29, 0.717) is 12.5 Å². The molecular weight excluding hydrogens is 304 g/mol. The number of carbonyl (C=O) groups is 1. The molecule has 1 aromatic rings. The first-order chi connectivity index (χ1) is 11.3. The average molecular weight is 334 g/mol. The Morgan fingerprint density at radius 3 is 2.62 bits per heavy atom. The number of rotatable bonds is 5. The molecule has 0 saturated heterocycles. The van der Waals surface area contributed by atoms with Gasteiger partial charge in [-0.05, 0) is 36.7 Å². The molecule has 0 spiro atoms. The Morgan fingerprint density at radius 1 is 1.33 bits per heavy atom. The summed E-state index contributed by atoms with van der Waals surface area (Å²) in [6, 6.07) is 7.43. The lowest BCUT2D eigenvalue weighted by molar-refractivity contribution is 0.177. The number of hydrogen-bond acceptors (Lipinski definition) is 3. The first-order valence-electron chi connectivity index (χ1n) is 8.66. The van der Waals surface area contributed by atoms with E-state index in [-0.39, 0.29) is 23.6 Å². The van der Waals surface area contributed by atoms with Crippen LogP contribution in [0.4, 0.5) is 4.79 Å². The number of benzene rings is 1. The largest absolute Gasteiger partial charge is 0.496 e. The van der Waals surface area contributed by atoms with Crippen LogP contribution in [-0.4, -0.2) is 30.9 Å². The first kappa shape index (κ1) is 18.6. The van der Waals surface area contributed by atoms with Gasteiger partial charge in [-0.3, -0.25) is 0 Å². The first-order valence-corrected chi connectivity index (χ1v) is 8.66. The SMILES string of the molecule is COc1ccccc1[C@H](NC(=O)NC[C@@H]1CC[C@@H](O)C1)C(C)(C)C. The van der Waals surface area contributed by atoms with Gasteiger partial charge in [-0.2, -0.15) is 0 Å². The smallest absolute Gasteiger partial charge is 0.315 e. The monoisotopic (exact) mass is 334 g/mol. The molecule has 2 rings (SSSR count). The van der Waals surface area contributed by atoms with E-state index in [9.17, 15) is 9.90 Å². The molecule has 1 aliphatic rings. The highest BCUT2D eigenvalue weighted by atomic mass is 16.5. The summed E-state index contributed by atoms with van der Waals surface area (Å²) >= 11 is 0. The Morgan fingerprint density at radius 2 is 2.04 bits per heavy atom. The summed E-state index contributed by atoms with van der Waals surface area (Å²) < 4.78 is 5.46. The predicted molar refractivity (Wildman–Crippen MR) is 95.1 cm³/mol. The number of aliphatic hydroxyl groups excluding tert-OH is 1. The maximum atomic E-state index is 12.4. The van der Waals surface area contributed by atoms with Gasteiger partial charge in [0.15, 0.2) is 0 Å².